The number of amides is 1. The average Bonchev–Trinajstić information content (AvgIpc) is 3.14. The number of anilines is 1. The highest BCUT2D eigenvalue weighted by Crippen LogP contribution is 2.17. The number of rotatable bonds is 7. The Kier molecular flexibility index (Phi) is 6.18. The number of benzene rings is 2. The largest absolute Gasteiger partial charge is 0.407 e. The van der Waals surface area contributed by atoms with Gasteiger partial charge >= 0.3 is 6.01 Å². The number of aromatic nitrogens is 2. The molecule has 0 atom stereocenters. The van der Waals surface area contributed by atoms with Gasteiger partial charge in [0.2, 0.25) is 5.89 Å². The van der Waals surface area contributed by atoms with E-state index in [-0.39, 0.29) is 11.7 Å². The summed E-state index contributed by atoms with van der Waals surface area (Å²) in [4.78, 5) is 23.4. The third-order valence-electron chi connectivity index (χ3n) is 3.72. The number of nitrogens with one attached hydrogen (secondary N) is 1. The molecule has 0 radical (unpaired) electrons. The molecule has 0 fully saturated rings. The molecule has 1 N–H and O–H groups in total. The third kappa shape index (κ3) is 5.27. The Bertz CT molecular complexity index is 1010. The number of hydrogen-bond acceptors (Lipinski definition) is 7. The Hall–Kier alpha value is -3.46. The maximum absolute atomic E-state index is 12.0. The predicted molar refractivity (Wildman–Crippen MR) is 106 cm³/mol. The molecule has 28 heavy (non-hydrogen) atoms. The summed E-state index contributed by atoms with van der Waals surface area (Å²) in [5, 5.41) is 21.0. The molecule has 0 aliphatic carbocycles. The number of hydrogen-bond donors (Lipinski definition) is 1. The minimum atomic E-state index is -0.494. The summed E-state index contributed by atoms with van der Waals surface area (Å²) < 4.78 is 5.43. The molecule has 3 rings (SSSR count). The lowest BCUT2D eigenvalue weighted by atomic mass is 10.1. The van der Waals surface area contributed by atoms with Crippen LogP contribution < -0.4 is 5.32 Å². The first-order chi connectivity index (χ1) is 13.5. The lowest BCUT2D eigenvalue weighted by Crippen LogP contribution is -2.07. The van der Waals surface area contributed by atoms with Crippen LogP contribution in [0, 0.1) is 10.1 Å². The van der Waals surface area contributed by atoms with Crippen molar-refractivity contribution >= 4 is 35.4 Å². The molecule has 9 heteroatoms. The summed E-state index contributed by atoms with van der Waals surface area (Å²) in [6, 6.07) is 13.9. The summed E-state index contributed by atoms with van der Waals surface area (Å²) in [5.41, 5.74) is 1.50. The van der Waals surface area contributed by atoms with Crippen LogP contribution in [0.3, 0.4) is 0 Å². The minimum Gasteiger partial charge on any atom is -0.407 e. The fraction of sp³-hybridized carbons (Fsp3) is 0.105. The molecule has 1 aromatic heterocycles. The Morgan fingerprint density at radius 2 is 2.04 bits per heavy atom. The van der Waals surface area contributed by atoms with E-state index in [1.54, 1.807) is 23.9 Å². The lowest BCUT2D eigenvalue weighted by molar-refractivity contribution is -0.384. The van der Waals surface area contributed by atoms with Gasteiger partial charge in [-0.3, -0.25) is 20.2 Å². The van der Waals surface area contributed by atoms with Gasteiger partial charge in [-0.25, -0.2) is 0 Å². The molecule has 8 nitrogen and oxygen atoms in total. The molecule has 0 unspecified atom stereocenters. The number of thioether (sulfide) groups is 1. The second-order valence-electron chi connectivity index (χ2n) is 5.70. The number of carbonyl (C=O) groups excluding carboxylic acids is 1. The van der Waals surface area contributed by atoms with Gasteiger partial charge in [-0.15, -0.1) is 16.9 Å². The molecule has 0 spiro atoms. The summed E-state index contributed by atoms with van der Waals surface area (Å²) >= 11 is 1.66. The van der Waals surface area contributed by atoms with Crippen molar-refractivity contribution in [2.75, 3.05) is 11.6 Å². The topological polar surface area (TPSA) is 111 Å². The SMILES string of the molecule is CSc1ccc(Cc2nnc(NC(=O)C=Cc3cccc([N+](=O)[O-])c3)o2)cc1. The molecule has 0 aliphatic rings. The maximum Gasteiger partial charge on any atom is 0.322 e. The Labute approximate surface area is 164 Å². The normalized spacial score (nSPS) is 10.9. The molecule has 2 aromatic carbocycles. The van der Waals surface area contributed by atoms with Crippen LogP contribution in [0.25, 0.3) is 6.08 Å². The molecule has 142 valence electrons. The zero-order valence-electron chi connectivity index (χ0n) is 14.9. The van der Waals surface area contributed by atoms with Crippen molar-refractivity contribution in [1.82, 2.24) is 10.2 Å². The van der Waals surface area contributed by atoms with Crippen molar-refractivity contribution in [3.05, 3.63) is 81.7 Å². The highest BCUT2D eigenvalue weighted by atomic mass is 32.2. The van der Waals surface area contributed by atoms with Gasteiger partial charge in [0.05, 0.1) is 11.3 Å². The van der Waals surface area contributed by atoms with Gasteiger partial charge in [0.25, 0.3) is 11.6 Å². The van der Waals surface area contributed by atoms with Crippen molar-refractivity contribution in [3.8, 4) is 0 Å². The van der Waals surface area contributed by atoms with Crippen LogP contribution >= 0.6 is 11.8 Å². The van der Waals surface area contributed by atoms with Crippen molar-refractivity contribution < 1.29 is 14.1 Å². The molecular formula is C19H16N4O4S. The first kappa shape index (κ1) is 19.3. The van der Waals surface area contributed by atoms with E-state index < -0.39 is 10.8 Å². The van der Waals surface area contributed by atoms with E-state index in [9.17, 15) is 14.9 Å². The van der Waals surface area contributed by atoms with Crippen LogP contribution in [0.2, 0.25) is 0 Å². The van der Waals surface area contributed by atoms with E-state index >= 15 is 0 Å². The number of nitrogens with zero attached hydrogens (tertiary/aromatic N) is 3. The van der Waals surface area contributed by atoms with Crippen LogP contribution in [0.15, 0.2) is 63.9 Å². The molecule has 1 amide bonds. The van der Waals surface area contributed by atoms with Crippen molar-refractivity contribution in [1.29, 1.82) is 0 Å². The molecule has 0 saturated carbocycles. The van der Waals surface area contributed by atoms with Crippen molar-refractivity contribution in [2.45, 2.75) is 11.3 Å². The quantitative estimate of drug-likeness (QED) is 0.279. The monoisotopic (exact) mass is 396 g/mol. The Morgan fingerprint density at radius 1 is 1.25 bits per heavy atom. The van der Waals surface area contributed by atoms with Gasteiger partial charge in [-0.05, 0) is 35.6 Å². The first-order valence-corrected chi connectivity index (χ1v) is 9.45. The zero-order valence-corrected chi connectivity index (χ0v) is 15.7. The lowest BCUT2D eigenvalue weighted by Gasteiger charge is -1.99. The number of nitro groups is 1. The zero-order chi connectivity index (χ0) is 19.9. The fourth-order valence-electron chi connectivity index (χ4n) is 2.35. The molecule has 0 saturated heterocycles. The Morgan fingerprint density at radius 3 is 2.75 bits per heavy atom. The molecule has 1 heterocycles. The maximum atomic E-state index is 12.0. The number of carbonyl (C=O) groups is 1. The fourth-order valence-corrected chi connectivity index (χ4v) is 2.76. The van der Waals surface area contributed by atoms with Crippen molar-refractivity contribution in [2.24, 2.45) is 0 Å². The van der Waals surface area contributed by atoms with E-state index in [2.05, 4.69) is 15.5 Å². The van der Waals surface area contributed by atoms with Gasteiger partial charge in [-0.1, -0.05) is 29.4 Å². The van der Waals surface area contributed by atoms with Crippen LogP contribution in [0.5, 0.6) is 0 Å². The molecule has 0 bridgehead atoms. The minimum absolute atomic E-state index is 0.00979. The van der Waals surface area contributed by atoms with Gasteiger partial charge in [-0.2, -0.15) is 0 Å². The molecule has 0 aliphatic heterocycles. The highest BCUT2D eigenvalue weighted by molar-refractivity contribution is 7.98. The summed E-state index contributed by atoms with van der Waals surface area (Å²) in [6.45, 7) is 0. The van der Waals surface area contributed by atoms with E-state index in [0.29, 0.717) is 17.9 Å². The van der Waals surface area contributed by atoms with E-state index in [0.717, 1.165) is 10.5 Å². The van der Waals surface area contributed by atoms with Crippen LogP contribution in [-0.2, 0) is 11.2 Å². The van der Waals surface area contributed by atoms with Crippen LogP contribution in [0.1, 0.15) is 17.0 Å². The number of nitro benzene ring substituents is 1. The van der Waals surface area contributed by atoms with Crippen LogP contribution in [0.4, 0.5) is 11.7 Å². The molecule has 3 aromatic rings. The summed E-state index contributed by atoms with van der Waals surface area (Å²) in [7, 11) is 0. The predicted octanol–water partition coefficient (Wildman–Crippen LogP) is 3.94. The first-order valence-electron chi connectivity index (χ1n) is 8.22. The average molecular weight is 396 g/mol. The summed E-state index contributed by atoms with van der Waals surface area (Å²) in [6.07, 6.45) is 5.17. The van der Waals surface area contributed by atoms with E-state index in [1.165, 1.54) is 24.3 Å². The third-order valence-corrected chi connectivity index (χ3v) is 4.46. The van der Waals surface area contributed by atoms with Crippen LogP contribution in [-0.4, -0.2) is 27.3 Å². The van der Waals surface area contributed by atoms with Gasteiger partial charge in [0.15, 0.2) is 0 Å². The Balaban J connectivity index is 1.58. The second-order valence-corrected chi connectivity index (χ2v) is 6.58. The molecular weight excluding hydrogens is 380 g/mol. The summed E-state index contributed by atoms with van der Waals surface area (Å²) in [5.74, 6) is -0.0964. The van der Waals surface area contributed by atoms with Gasteiger partial charge in [0, 0.05) is 23.1 Å². The smallest absolute Gasteiger partial charge is 0.322 e. The van der Waals surface area contributed by atoms with Gasteiger partial charge in [0.1, 0.15) is 0 Å². The standard InChI is InChI=1S/C19H16N4O4S/c1-28-16-8-5-14(6-9-16)12-18-21-22-19(27-18)20-17(24)10-7-13-3-2-4-15(11-13)23(25)26/h2-11H,12H2,1H3,(H,20,22,24). The van der Waals surface area contributed by atoms with Crippen molar-refractivity contribution in [3.63, 3.8) is 0 Å². The highest BCUT2D eigenvalue weighted by Gasteiger charge is 2.09. The number of non-ortho nitro benzene ring substituents is 1. The van der Waals surface area contributed by atoms with E-state index in [4.69, 9.17) is 4.42 Å². The van der Waals surface area contributed by atoms with Gasteiger partial charge < -0.3 is 4.42 Å². The van der Waals surface area contributed by atoms with E-state index in [1.807, 2.05) is 30.5 Å². The second kappa shape index (κ2) is 8.96.